The van der Waals surface area contributed by atoms with E-state index in [4.69, 9.17) is 0 Å². The van der Waals surface area contributed by atoms with Gasteiger partial charge in [0.2, 0.25) is 5.91 Å². The standard InChI is InChI=1S/C20H20FN5O3/c21-15-5-3-12(4-6-15)16-10-23-25-18(16)13-2-1-7-26(11-13)17(27)8-14-9-22-20(29)24-19(14)28/h3-6,9-10,13H,1-2,7-8,11H2,(H,23,25)(H2,22,24,28,29)/t13-/m1/s1. The van der Waals surface area contributed by atoms with Crippen LogP contribution in [-0.4, -0.2) is 44.1 Å². The zero-order valence-corrected chi connectivity index (χ0v) is 15.6. The number of aromatic nitrogens is 4. The van der Waals surface area contributed by atoms with Crippen LogP contribution in [0.5, 0.6) is 0 Å². The number of aromatic amines is 3. The summed E-state index contributed by atoms with van der Waals surface area (Å²) in [4.78, 5) is 42.0. The molecule has 150 valence electrons. The summed E-state index contributed by atoms with van der Waals surface area (Å²) in [6, 6.07) is 6.23. The maximum absolute atomic E-state index is 13.2. The molecule has 4 rings (SSSR count). The van der Waals surface area contributed by atoms with Crippen molar-refractivity contribution in [3.63, 3.8) is 0 Å². The molecule has 0 aliphatic carbocycles. The van der Waals surface area contributed by atoms with Crippen LogP contribution in [0.3, 0.4) is 0 Å². The Morgan fingerprint density at radius 2 is 2.03 bits per heavy atom. The number of benzene rings is 1. The first-order valence-electron chi connectivity index (χ1n) is 9.39. The normalized spacial score (nSPS) is 16.7. The summed E-state index contributed by atoms with van der Waals surface area (Å²) in [5.41, 5.74) is 1.74. The summed E-state index contributed by atoms with van der Waals surface area (Å²) in [7, 11) is 0. The molecule has 0 saturated carbocycles. The topological polar surface area (TPSA) is 115 Å². The second-order valence-electron chi connectivity index (χ2n) is 7.16. The van der Waals surface area contributed by atoms with Crippen LogP contribution in [0.2, 0.25) is 0 Å². The van der Waals surface area contributed by atoms with Crippen molar-refractivity contribution < 1.29 is 9.18 Å². The SMILES string of the molecule is O=C(Cc1c[nH]c(=O)[nH]c1=O)N1CCC[C@@H](c2[nH]ncc2-c2ccc(F)cc2)C1. The Bertz CT molecular complexity index is 1130. The van der Waals surface area contributed by atoms with Crippen molar-refractivity contribution in [1.29, 1.82) is 0 Å². The van der Waals surface area contributed by atoms with E-state index in [0.717, 1.165) is 29.7 Å². The maximum Gasteiger partial charge on any atom is 0.325 e. The number of H-pyrrole nitrogens is 3. The van der Waals surface area contributed by atoms with Gasteiger partial charge in [-0.3, -0.25) is 19.7 Å². The third-order valence-corrected chi connectivity index (χ3v) is 5.24. The number of carbonyl (C=O) groups excluding carboxylic acids is 1. The summed E-state index contributed by atoms with van der Waals surface area (Å²) in [5.74, 6) is -0.412. The molecule has 3 heterocycles. The van der Waals surface area contributed by atoms with E-state index >= 15 is 0 Å². The van der Waals surface area contributed by atoms with E-state index in [1.54, 1.807) is 23.2 Å². The Hall–Kier alpha value is -3.49. The number of carbonyl (C=O) groups is 1. The predicted molar refractivity (Wildman–Crippen MR) is 104 cm³/mol. The van der Waals surface area contributed by atoms with Crippen LogP contribution in [-0.2, 0) is 11.2 Å². The second kappa shape index (κ2) is 7.86. The van der Waals surface area contributed by atoms with Crippen LogP contribution in [0.25, 0.3) is 11.1 Å². The lowest BCUT2D eigenvalue weighted by Crippen LogP contribution is -2.41. The predicted octanol–water partition coefficient (Wildman–Crippen LogP) is 1.54. The fourth-order valence-electron chi connectivity index (χ4n) is 3.75. The zero-order valence-electron chi connectivity index (χ0n) is 15.6. The number of likely N-dealkylation sites (tertiary alicyclic amines) is 1. The van der Waals surface area contributed by atoms with E-state index in [2.05, 4.69) is 20.2 Å². The highest BCUT2D eigenvalue weighted by atomic mass is 19.1. The highest BCUT2D eigenvalue weighted by molar-refractivity contribution is 5.79. The highest BCUT2D eigenvalue weighted by Gasteiger charge is 2.28. The number of piperidine rings is 1. The summed E-state index contributed by atoms with van der Waals surface area (Å²) < 4.78 is 13.2. The fraction of sp³-hybridized carbons (Fsp3) is 0.300. The molecule has 2 aromatic heterocycles. The summed E-state index contributed by atoms with van der Waals surface area (Å²) in [6.07, 6.45) is 4.62. The number of nitrogens with one attached hydrogen (secondary N) is 3. The number of rotatable bonds is 4. The van der Waals surface area contributed by atoms with Crippen molar-refractivity contribution in [3.05, 3.63) is 74.6 Å². The molecule has 9 heteroatoms. The van der Waals surface area contributed by atoms with E-state index in [0.29, 0.717) is 13.1 Å². The number of hydrogen-bond acceptors (Lipinski definition) is 4. The average molecular weight is 397 g/mol. The van der Waals surface area contributed by atoms with Crippen molar-refractivity contribution in [1.82, 2.24) is 25.1 Å². The van der Waals surface area contributed by atoms with Crippen molar-refractivity contribution in [2.45, 2.75) is 25.2 Å². The quantitative estimate of drug-likeness (QED) is 0.619. The minimum absolute atomic E-state index is 0.0594. The molecule has 1 saturated heterocycles. The fourth-order valence-corrected chi connectivity index (χ4v) is 3.75. The molecule has 3 N–H and O–H groups in total. The summed E-state index contributed by atoms with van der Waals surface area (Å²) in [6.45, 7) is 1.10. The molecule has 3 aromatic rings. The van der Waals surface area contributed by atoms with E-state index in [1.165, 1.54) is 18.3 Å². The van der Waals surface area contributed by atoms with Gasteiger partial charge in [-0.05, 0) is 30.5 Å². The first-order valence-corrected chi connectivity index (χ1v) is 9.39. The van der Waals surface area contributed by atoms with Gasteiger partial charge in [-0.2, -0.15) is 5.10 Å². The molecule has 29 heavy (non-hydrogen) atoms. The van der Waals surface area contributed by atoms with Crippen LogP contribution in [0, 0.1) is 5.82 Å². The number of nitrogens with zero attached hydrogens (tertiary/aromatic N) is 2. The van der Waals surface area contributed by atoms with Crippen LogP contribution in [0.15, 0.2) is 46.2 Å². The van der Waals surface area contributed by atoms with E-state index in [1.807, 2.05) is 0 Å². The largest absolute Gasteiger partial charge is 0.342 e. The van der Waals surface area contributed by atoms with Gasteiger partial charge < -0.3 is 9.88 Å². The van der Waals surface area contributed by atoms with E-state index in [9.17, 15) is 18.8 Å². The third kappa shape index (κ3) is 4.03. The Kier molecular flexibility index (Phi) is 5.11. The molecule has 1 aliphatic heterocycles. The molecule has 0 unspecified atom stereocenters. The molecule has 1 atom stereocenters. The molecule has 0 radical (unpaired) electrons. The first kappa shape index (κ1) is 18.9. The smallest absolute Gasteiger partial charge is 0.325 e. The van der Waals surface area contributed by atoms with Gasteiger partial charge in [0.05, 0.1) is 12.6 Å². The Labute approximate surface area is 164 Å². The zero-order chi connectivity index (χ0) is 20.4. The number of amides is 1. The monoisotopic (exact) mass is 397 g/mol. The Morgan fingerprint density at radius 1 is 1.24 bits per heavy atom. The maximum atomic E-state index is 13.2. The van der Waals surface area contributed by atoms with Crippen LogP contribution >= 0.6 is 0 Å². The van der Waals surface area contributed by atoms with Crippen LogP contribution < -0.4 is 11.2 Å². The van der Waals surface area contributed by atoms with Gasteiger partial charge in [-0.15, -0.1) is 0 Å². The van der Waals surface area contributed by atoms with Crippen LogP contribution in [0.4, 0.5) is 4.39 Å². The lowest BCUT2D eigenvalue weighted by Gasteiger charge is -2.32. The van der Waals surface area contributed by atoms with Gasteiger partial charge in [0.15, 0.2) is 0 Å². The molecule has 1 aliphatic rings. The van der Waals surface area contributed by atoms with Crippen molar-refractivity contribution in [2.24, 2.45) is 0 Å². The first-order chi connectivity index (χ1) is 14.0. The molecule has 0 spiro atoms. The Balaban J connectivity index is 1.51. The molecule has 1 fully saturated rings. The van der Waals surface area contributed by atoms with Crippen molar-refractivity contribution in [3.8, 4) is 11.1 Å². The average Bonchev–Trinajstić information content (AvgIpc) is 3.20. The van der Waals surface area contributed by atoms with E-state index in [-0.39, 0.29) is 29.6 Å². The minimum atomic E-state index is -0.600. The van der Waals surface area contributed by atoms with Crippen molar-refractivity contribution >= 4 is 5.91 Å². The summed E-state index contributed by atoms with van der Waals surface area (Å²) >= 11 is 0. The molecule has 1 amide bonds. The third-order valence-electron chi connectivity index (χ3n) is 5.24. The lowest BCUT2D eigenvalue weighted by atomic mass is 9.90. The molecular formula is C20H20FN5O3. The van der Waals surface area contributed by atoms with Gasteiger partial charge in [0.1, 0.15) is 5.82 Å². The van der Waals surface area contributed by atoms with E-state index < -0.39 is 11.2 Å². The minimum Gasteiger partial charge on any atom is -0.342 e. The molecular weight excluding hydrogens is 377 g/mol. The molecule has 8 nitrogen and oxygen atoms in total. The van der Waals surface area contributed by atoms with Crippen LogP contribution in [0.1, 0.15) is 30.0 Å². The number of halogens is 1. The van der Waals surface area contributed by atoms with Gasteiger partial charge in [-0.25, -0.2) is 9.18 Å². The Morgan fingerprint density at radius 3 is 2.79 bits per heavy atom. The highest BCUT2D eigenvalue weighted by Crippen LogP contribution is 2.33. The van der Waals surface area contributed by atoms with Crippen molar-refractivity contribution in [2.75, 3.05) is 13.1 Å². The number of hydrogen-bond donors (Lipinski definition) is 3. The molecule has 0 bridgehead atoms. The van der Waals surface area contributed by atoms with Gasteiger partial charge in [0.25, 0.3) is 5.56 Å². The molecule has 1 aromatic carbocycles. The second-order valence-corrected chi connectivity index (χ2v) is 7.16. The van der Waals surface area contributed by atoms with Gasteiger partial charge in [-0.1, -0.05) is 12.1 Å². The summed E-state index contributed by atoms with van der Waals surface area (Å²) in [5, 5.41) is 7.19. The van der Waals surface area contributed by atoms with Gasteiger partial charge >= 0.3 is 5.69 Å². The van der Waals surface area contributed by atoms with Gasteiger partial charge in [0, 0.05) is 42.0 Å². The lowest BCUT2D eigenvalue weighted by molar-refractivity contribution is -0.131.